The molecule has 0 atom stereocenters. The van der Waals surface area contributed by atoms with E-state index in [-0.39, 0.29) is 0 Å². The second kappa shape index (κ2) is 7.31. The standard InChI is InChI=1S/C6H14OS/c1-3-7-5-4-6-8-2/h3-6H2,1-2H3. The molecule has 0 unspecified atom stereocenters. The van der Waals surface area contributed by atoms with Gasteiger partial charge in [-0.25, -0.2) is 0 Å². The number of ether oxygens (including phenoxy) is 1. The topological polar surface area (TPSA) is 9.23 Å². The molecule has 50 valence electrons. The summed E-state index contributed by atoms with van der Waals surface area (Å²) in [4.78, 5) is 0. The summed E-state index contributed by atoms with van der Waals surface area (Å²) in [5.74, 6) is 1.22. The Morgan fingerprint density at radius 1 is 1.50 bits per heavy atom. The highest BCUT2D eigenvalue weighted by molar-refractivity contribution is 7.98. The molecular formula is C6H14OS. The van der Waals surface area contributed by atoms with Gasteiger partial charge in [0.15, 0.2) is 0 Å². The number of hydrogen-bond acceptors (Lipinski definition) is 2. The minimum atomic E-state index is 0.856. The van der Waals surface area contributed by atoms with Crippen molar-refractivity contribution in [3.63, 3.8) is 0 Å². The maximum absolute atomic E-state index is 5.12. The lowest BCUT2D eigenvalue weighted by Crippen LogP contribution is -1.93. The second-order valence-corrected chi connectivity index (χ2v) is 2.53. The Morgan fingerprint density at radius 3 is 2.75 bits per heavy atom. The fourth-order valence-corrected chi connectivity index (χ4v) is 0.856. The summed E-state index contributed by atoms with van der Waals surface area (Å²) in [6.07, 6.45) is 3.31. The molecule has 8 heavy (non-hydrogen) atoms. The molecule has 2 heteroatoms. The Morgan fingerprint density at radius 2 is 2.25 bits per heavy atom. The van der Waals surface area contributed by atoms with E-state index in [1.165, 1.54) is 12.2 Å². The Hall–Kier alpha value is 0.310. The molecule has 1 nitrogen and oxygen atoms in total. The summed E-state index contributed by atoms with van der Waals surface area (Å²) in [6.45, 7) is 3.81. The van der Waals surface area contributed by atoms with Crippen LogP contribution in [0.15, 0.2) is 0 Å². The molecule has 0 rings (SSSR count). The van der Waals surface area contributed by atoms with E-state index in [0.717, 1.165) is 13.2 Å². The van der Waals surface area contributed by atoms with Gasteiger partial charge in [-0.05, 0) is 25.4 Å². The van der Waals surface area contributed by atoms with Crippen LogP contribution in [-0.4, -0.2) is 25.2 Å². The quantitative estimate of drug-likeness (QED) is 0.530. The van der Waals surface area contributed by atoms with Gasteiger partial charge in [-0.15, -0.1) is 0 Å². The third-order valence-corrected chi connectivity index (χ3v) is 1.54. The van der Waals surface area contributed by atoms with E-state index in [9.17, 15) is 0 Å². The zero-order chi connectivity index (χ0) is 6.24. The molecule has 0 aliphatic rings. The fraction of sp³-hybridized carbons (Fsp3) is 1.00. The van der Waals surface area contributed by atoms with Crippen molar-refractivity contribution < 1.29 is 4.74 Å². The van der Waals surface area contributed by atoms with E-state index in [2.05, 4.69) is 6.26 Å². The first-order valence-corrected chi connectivity index (χ1v) is 4.38. The molecule has 0 aromatic carbocycles. The average molecular weight is 134 g/mol. The van der Waals surface area contributed by atoms with Crippen LogP contribution in [0.4, 0.5) is 0 Å². The highest BCUT2D eigenvalue weighted by Crippen LogP contribution is 1.94. The molecule has 0 aromatic heterocycles. The van der Waals surface area contributed by atoms with Crippen LogP contribution in [0.25, 0.3) is 0 Å². The van der Waals surface area contributed by atoms with Crippen molar-refractivity contribution >= 4 is 11.8 Å². The number of thioether (sulfide) groups is 1. The van der Waals surface area contributed by atoms with E-state index in [0.29, 0.717) is 0 Å². The second-order valence-electron chi connectivity index (χ2n) is 1.54. The van der Waals surface area contributed by atoms with E-state index in [1.807, 2.05) is 18.7 Å². The van der Waals surface area contributed by atoms with Crippen LogP contribution in [0.1, 0.15) is 13.3 Å². The molecule has 0 aliphatic carbocycles. The number of hydrogen-bond donors (Lipinski definition) is 0. The molecule has 0 saturated carbocycles. The lowest BCUT2D eigenvalue weighted by molar-refractivity contribution is 0.149. The molecule has 0 aliphatic heterocycles. The van der Waals surface area contributed by atoms with Crippen molar-refractivity contribution in [2.75, 3.05) is 25.2 Å². The van der Waals surface area contributed by atoms with E-state index in [4.69, 9.17) is 4.74 Å². The van der Waals surface area contributed by atoms with Gasteiger partial charge in [0.1, 0.15) is 0 Å². The Kier molecular flexibility index (Phi) is 7.59. The molecule has 0 radical (unpaired) electrons. The van der Waals surface area contributed by atoms with Gasteiger partial charge in [0.05, 0.1) is 0 Å². The molecular weight excluding hydrogens is 120 g/mol. The molecule has 0 heterocycles. The van der Waals surface area contributed by atoms with Crippen LogP contribution in [-0.2, 0) is 4.74 Å². The monoisotopic (exact) mass is 134 g/mol. The van der Waals surface area contributed by atoms with E-state index >= 15 is 0 Å². The zero-order valence-electron chi connectivity index (χ0n) is 5.64. The lowest BCUT2D eigenvalue weighted by Gasteiger charge is -1.96. The SMILES string of the molecule is CCOCCCSC. The van der Waals surface area contributed by atoms with Crippen molar-refractivity contribution in [2.45, 2.75) is 13.3 Å². The summed E-state index contributed by atoms with van der Waals surface area (Å²) in [6, 6.07) is 0. The number of rotatable bonds is 5. The average Bonchev–Trinajstić information content (AvgIpc) is 1.81. The van der Waals surface area contributed by atoms with Gasteiger partial charge in [0.2, 0.25) is 0 Å². The summed E-state index contributed by atoms with van der Waals surface area (Å²) in [5.41, 5.74) is 0. The Labute approximate surface area is 55.8 Å². The minimum absolute atomic E-state index is 0.856. The predicted octanol–water partition coefficient (Wildman–Crippen LogP) is 1.78. The normalized spacial score (nSPS) is 9.75. The summed E-state index contributed by atoms with van der Waals surface area (Å²) in [5, 5.41) is 0. The van der Waals surface area contributed by atoms with Crippen molar-refractivity contribution in [3.8, 4) is 0 Å². The largest absolute Gasteiger partial charge is 0.382 e. The van der Waals surface area contributed by atoms with Crippen molar-refractivity contribution in [2.24, 2.45) is 0 Å². The summed E-state index contributed by atoms with van der Waals surface area (Å²) >= 11 is 1.87. The summed E-state index contributed by atoms with van der Waals surface area (Å²) < 4.78 is 5.12. The smallest absolute Gasteiger partial charge is 0.0473 e. The summed E-state index contributed by atoms with van der Waals surface area (Å²) in [7, 11) is 0. The Bertz CT molecular complexity index is 33.5. The van der Waals surface area contributed by atoms with Crippen molar-refractivity contribution in [3.05, 3.63) is 0 Å². The molecule has 0 fully saturated rings. The van der Waals surface area contributed by atoms with Crippen LogP contribution in [0.5, 0.6) is 0 Å². The predicted molar refractivity (Wildman–Crippen MR) is 39.5 cm³/mol. The van der Waals surface area contributed by atoms with Gasteiger partial charge in [-0.1, -0.05) is 0 Å². The lowest BCUT2D eigenvalue weighted by atomic mass is 10.5. The molecule has 0 spiro atoms. The van der Waals surface area contributed by atoms with E-state index in [1.54, 1.807) is 0 Å². The van der Waals surface area contributed by atoms with Gasteiger partial charge in [0.25, 0.3) is 0 Å². The van der Waals surface area contributed by atoms with Gasteiger partial charge in [-0.3, -0.25) is 0 Å². The molecule has 0 amide bonds. The molecule has 0 saturated heterocycles. The van der Waals surface area contributed by atoms with Crippen LogP contribution < -0.4 is 0 Å². The molecule has 0 N–H and O–H groups in total. The van der Waals surface area contributed by atoms with Gasteiger partial charge in [0, 0.05) is 13.2 Å². The van der Waals surface area contributed by atoms with Crippen LogP contribution in [0.3, 0.4) is 0 Å². The van der Waals surface area contributed by atoms with Crippen molar-refractivity contribution in [1.29, 1.82) is 0 Å². The van der Waals surface area contributed by atoms with Crippen LogP contribution >= 0.6 is 11.8 Å². The van der Waals surface area contributed by atoms with Gasteiger partial charge < -0.3 is 4.74 Å². The van der Waals surface area contributed by atoms with E-state index < -0.39 is 0 Å². The third-order valence-electron chi connectivity index (χ3n) is 0.841. The fourth-order valence-electron chi connectivity index (χ4n) is 0.450. The first kappa shape index (κ1) is 8.31. The van der Waals surface area contributed by atoms with Gasteiger partial charge in [-0.2, -0.15) is 11.8 Å². The maximum Gasteiger partial charge on any atom is 0.0473 e. The van der Waals surface area contributed by atoms with Crippen molar-refractivity contribution in [1.82, 2.24) is 0 Å². The van der Waals surface area contributed by atoms with Crippen LogP contribution in [0.2, 0.25) is 0 Å². The minimum Gasteiger partial charge on any atom is -0.382 e. The maximum atomic E-state index is 5.12. The first-order chi connectivity index (χ1) is 3.91. The van der Waals surface area contributed by atoms with Crippen LogP contribution in [0, 0.1) is 0 Å². The molecule has 0 bridgehead atoms. The molecule has 0 aromatic rings. The zero-order valence-corrected chi connectivity index (χ0v) is 6.46. The third kappa shape index (κ3) is 6.31. The first-order valence-electron chi connectivity index (χ1n) is 2.98. The Balaban J connectivity index is 2.53. The highest BCUT2D eigenvalue weighted by atomic mass is 32.2. The van der Waals surface area contributed by atoms with Gasteiger partial charge >= 0.3 is 0 Å². The highest BCUT2D eigenvalue weighted by Gasteiger charge is 1.82.